The molecule has 0 saturated heterocycles. The summed E-state index contributed by atoms with van der Waals surface area (Å²) in [6.07, 6.45) is -3.88. The van der Waals surface area contributed by atoms with Gasteiger partial charge in [0.25, 0.3) is 0 Å². The molecule has 0 aliphatic heterocycles. The molecule has 0 radical (unpaired) electrons. The van der Waals surface area contributed by atoms with Gasteiger partial charge < -0.3 is 5.73 Å². The molecule has 3 nitrogen and oxygen atoms in total. The summed E-state index contributed by atoms with van der Waals surface area (Å²) in [6, 6.07) is 4.99. The molecule has 0 bridgehead atoms. The number of alkyl halides is 3. The largest absolute Gasteiger partial charge is 0.434 e. The van der Waals surface area contributed by atoms with Gasteiger partial charge in [-0.05, 0) is 12.1 Å². The summed E-state index contributed by atoms with van der Waals surface area (Å²) >= 11 is 4.55. The Hall–Kier alpha value is -1.96. The molecule has 1 aromatic carbocycles. The molecular formula is C11H7F4N3S. The molecule has 0 unspecified atom stereocenters. The summed E-state index contributed by atoms with van der Waals surface area (Å²) in [4.78, 5) is -0.449. The monoisotopic (exact) mass is 289 g/mol. The zero-order chi connectivity index (χ0) is 14.2. The molecule has 2 aromatic rings. The lowest BCUT2D eigenvalue weighted by atomic mass is 10.2. The summed E-state index contributed by atoms with van der Waals surface area (Å²) in [6.45, 7) is 0. The Labute approximate surface area is 110 Å². The van der Waals surface area contributed by atoms with Gasteiger partial charge in [0.05, 0.1) is 11.8 Å². The molecule has 2 rings (SSSR count). The van der Waals surface area contributed by atoms with Crippen molar-refractivity contribution in [1.29, 1.82) is 0 Å². The number of halogens is 4. The van der Waals surface area contributed by atoms with Gasteiger partial charge in [0, 0.05) is 0 Å². The zero-order valence-electron chi connectivity index (χ0n) is 9.28. The Morgan fingerprint density at radius 3 is 2.42 bits per heavy atom. The first-order chi connectivity index (χ1) is 8.82. The van der Waals surface area contributed by atoms with E-state index in [9.17, 15) is 17.6 Å². The number of hydrogen-bond acceptors (Lipinski definition) is 2. The topological polar surface area (TPSA) is 43.8 Å². The van der Waals surface area contributed by atoms with Gasteiger partial charge in [-0.15, -0.1) is 0 Å². The number of rotatable bonds is 2. The summed E-state index contributed by atoms with van der Waals surface area (Å²) < 4.78 is 53.1. The third-order valence-electron chi connectivity index (χ3n) is 2.38. The van der Waals surface area contributed by atoms with Crippen LogP contribution in [-0.4, -0.2) is 14.8 Å². The predicted octanol–water partition coefficient (Wildman–Crippen LogP) is 2.66. The molecule has 0 fully saturated rings. The van der Waals surface area contributed by atoms with Gasteiger partial charge in [0.15, 0.2) is 5.69 Å². The Morgan fingerprint density at radius 1 is 1.26 bits per heavy atom. The van der Waals surface area contributed by atoms with Crippen molar-refractivity contribution in [1.82, 2.24) is 9.78 Å². The minimum atomic E-state index is -4.75. The molecule has 0 saturated carbocycles. The van der Waals surface area contributed by atoms with Crippen LogP contribution in [0, 0.1) is 5.82 Å². The van der Waals surface area contributed by atoms with Gasteiger partial charge >= 0.3 is 6.18 Å². The van der Waals surface area contributed by atoms with Gasteiger partial charge in [-0.2, -0.15) is 18.3 Å². The Balaban J connectivity index is 2.73. The van der Waals surface area contributed by atoms with E-state index in [0.717, 1.165) is 12.3 Å². The SMILES string of the molecule is NC(=S)c1cnn(-c2ccccc2F)c1C(F)(F)F. The van der Waals surface area contributed by atoms with Gasteiger partial charge in [0.2, 0.25) is 0 Å². The first kappa shape index (κ1) is 13.5. The highest BCUT2D eigenvalue weighted by Gasteiger charge is 2.39. The molecule has 0 atom stereocenters. The number of nitrogens with two attached hydrogens (primary N) is 1. The lowest BCUT2D eigenvalue weighted by Gasteiger charge is -2.12. The van der Waals surface area contributed by atoms with E-state index < -0.39 is 28.2 Å². The molecular weight excluding hydrogens is 282 g/mol. The molecule has 2 N–H and O–H groups in total. The second kappa shape index (κ2) is 4.61. The first-order valence-electron chi connectivity index (χ1n) is 5.02. The van der Waals surface area contributed by atoms with Crippen molar-refractivity contribution in [2.45, 2.75) is 6.18 Å². The number of nitrogens with zero attached hydrogens (tertiary/aromatic N) is 2. The summed E-state index contributed by atoms with van der Waals surface area (Å²) in [7, 11) is 0. The number of benzene rings is 1. The lowest BCUT2D eigenvalue weighted by Crippen LogP contribution is -2.20. The van der Waals surface area contributed by atoms with Crippen LogP contribution < -0.4 is 5.73 Å². The van der Waals surface area contributed by atoms with Crippen LogP contribution in [0.5, 0.6) is 0 Å². The van der Waals surface area contributed by atoms with E-state index in [1.54, 1.807) is 0 Å². The van der Waals surface area contributed by atoms with Crippen molar-refractivity contribution >= 4 is 17.2 Å². The van der Waals surface area contributed by atoms with Crippen molar-refractivity contribution in [3.8, 4) is 5.69 Å². The van der Waals surface area contributed by atoms with E-state index in [0.29, 0.717) is 4.68 Å². The molecule has 0 spiro atoms. The van der Waals surface area contributed by atoms with E-state index in [4.69, 9.17) is 5.73 Å². The molecule has 0 aliphatic rings. The molecule has 100 valence electrons. The van der Waals surface area contributed by atoms with Crippen molar-refractivity contribution in [2.75, 3.05) is 0 Å². The molecule has 1 heterocycles. The molecule has 1 aromatic heterocycles. The molecule has 8 heteroatoms. The smallest absolute Gasteiger partial charge is 0.389 e. The second-order valence-electron chi connectivity index (χ2n) is 3.63. The van der Waals surface area contributed by atoms with Crippen LogP contribution in [0.3, 0.4) is 0 Å². The minimum absolute atomic E-state index is 0.322. The van der Waals surface area contributed by atoms with E-state index in [2.05, 4.69) is 17.3 Å². The second-order valence-corrected chi connectivity index (χ2v) is 4.07. The van der Waals surface area contributed by atoms with Gasteiger partial charge in [-0.1, -0.05) is 24.4 Å². The zero-order valence-corrected chi connectivity index (χ0v) is 10.1. The van der Waals surface area contributed by atoms with Crippen molar-refractivity contribution in [3.05, 3.63) is 47.5 Å². The summed E-state index contributed by atoms with van der Waals surface area (Å²) in [5.41, 5.74) is 3.27. The van der Waals surface area contributed by atoms with E-state index >= 15 is 0 Å². The fraction of sp³-hybridized carbons (Fsp3) is 0.0909. The standard InChI is InChI=1S/C11H7F4N3S/c12-7-3-1-2-4-8(7)18-9(11(13,14)15)6(5-17-18)10(16)19/h1-5H,(H2,16,19). The maximum absolute atomic E-state index is 13.6. The van der Waals surface area contributed by atoms with Crippen LogP contribution in [0.25, 0.3) is 5.69 Å². The van der Waals surface area contributed by atoms with Crippen molar-refractivity contribution in [3.63, 3.8) is 0 Å². The Kier molecular flexibility index (Phi) is 3.27. The third-order valence-corrected chi connectivity index (χ3v) is 2.60. The van der Waals surface area contributed by atoms with Gasteiger partial charge in [-0.25, -0.2) is 9.07 Å². The van der Waals surface area contributed by atoms with Crippen LogP contribution in [0.4, 0.5) is 17.6 Å². The number of para-hydroxylation sites is 1. The highest BCUT2D eigenvalue weighted by Crippen LogP contribution is 2.33. The number of thiocarbonyl (C=S) groups is 1. The quantitative estimate of drug-likeness (QED) is 0.683. The third kappa shape index (κ3) is 2.43. The summed E-state index contributed by atoms with van der Waals surface area (Å²) in [5, 5.41) is 3.52. The maximum atomic E-state index is 13.6. The predicted molar refractivity (Wildman–Crippen MR) is 64.4 cm³/mol. The fourth-order valence-electron chi connectivity index (χ4n) is 1.61. The molecule has 19 heavy (non-hydrogen) atoms. The highest BCUT2D eigenvalue weighted by atomic mass is 32.1. The van der Waals surface area contributed by atoms with Crippen LogP contribution in [0.1, 0.15) is 11.3 Å². The fourth-order valence-corrected chi connectivity index (χ4v) is 1.76. The van der Waals surface area contributed by atoms with Crippen LogP contribution in [-0.2, 0) is 6.18 Å². The maximum Gasteiger partial charge on any atom is 0.434 e. The first-order valence-corrected chi connectivity index (χ1v) is 5.43. The highest BCUT2D eigenvalue weighted by molar-refractivity contribution is 7.80. The van der Waals surface area contributed by atoms with Crippen LogP contribution in [0.15, 0.2) is 30.5 Å². The van der Waals surface area contributed by atoms with Gasteiger partial charge in [0.1, 0.15) is 16.5 Å². The van der Waals surface area contributed by atoms with E-state index in [-0.39, 0.29) is 5.69 Å². The number of aromatic nitrogens is 2. The number of hydrogen-bond donors (Lipinski definition) is 1. The Morgan fingerprint density at radius 2 is 1.89 bits per heavy atom. The minimum Gasteiger partial charge on any atom is -0.389 e. The van der Waals surface area contributed by atoms with Crippen molar-refractivity contribution < 1.29 is 17.6 Å². The average Bonchev–Trinajstić information content (AvgIpc) is 2.73. The normalized spacial score (nSPS) is 11.6. The average molecular weight is 289 g/mol. The summed E-state index contributed by atoms with van der Waals surface area (Å²) in [5.74, 6) is -0.828. The van der Waals surface area contributed by atoms with E-state index in [1.165, 1.54) is 18.2 Å². The molecule has 0 aliphatic carbocycles. The Bertz CT molecular complexity index is 633. The van der Waals surface area contributed by atoms with Crippen LogP contribution in [0.2, 0.25) is 0 Å². The van der Waals surface area contributed by atoms with E-state index in [1.807, 2.05) is 0 Å². The van der Waals surface area contributed by atoms with Crippen molar-refractivity contribution in [2.24, 2.45) is 5.73 Å². The van der Waals surface area contributed by atoms with Crippen LogP contribution >= 0.6 is 12.2 Å². The lowest BCUT2D eigenvalue weighted by molar-refractivity contribution is -0.142. The molecule has 0 amide bonds. The van der Waals surface area contributed by atoms with Gasteiger partial charge in [-0.3, -0.25) is 0 Å².